The second kappa shape index (κ2) is 9.57. The number of ether oxygens (including phenoxy) is 2. The van der Waals surface area contributed by atoms with Crippen molar-refractivity contribution in [2.45, 2.75) is 13.5 Å². The predicted molar refractivity (Wildman–Crippen MR) is 109 cm³/mol. The number of carbonyl (C=O) groups is 1. The lowest BCUT2D eigenvalue weighted by molar-refractivity contribution is -1.02. The van der Waals surface area contributed by atoms with Crippen molar-refractivity contribution >= 4 is 11.6 Å². The van der Waals surface area contributed by atoms with Gasteiger partial charge in [0.15, 0.2) is 6.54 Å². The van der Waals surface area contributed by atoms with E-state index in [2.05, 4.69) is 17.4 Å². The molecule has 0 radical (unpaired) electrons. The third-order valence-corrected chi connectivity index (χ3v) is 5.32. The maximum atomic E-state index is 12.5. The molecular weight excluding hydrogens is 354 g/mol. The summed E-state index contributed by atoms with van der Waals surface area (Å²) >= 11 is 0. The van der Waals surface area contributed by atoms with E-state index in [1.54, 1.807) is 19.1 Å². The molecule has 0 atom stereocenters. The molecule has 2 aromatic carbocycles. The number of anilines is 1. The number of quaternary nitrogens is 2. The molecule has 150 valence electrons. The fourth-order valence-electron chi connectivity index (χ4n) is 3.68. The van der Waals surface area contributed by atoms with E-state index < -0.39 is 0 Å². The van der Waals surface area contributed by atoms with E-state index in [4.69, 9.17) is 9.47 Å². The van der Waals surface area contributed by atoms with Gasteiger partial charge in [0.25, 0.3) is 5.91 Å². The van der Waals surface area contributed by atoms with E-state index in [1.165, 1.54) is 10.5 Å². The number of rotatable bonds is 7. The number of benzene rings is 2. The van der Waals surface area contributed by atoms with Gasteiger partial charge in [0.2, 0.25) is 0 Å². The Balaban J connectivity index is 1.46. The van der Waals surface area contributed by atoms with Crippen LogP contribution in [0.5, 0.6) is 11.5 Å². The van der Waals surface area contributed by atoms with Crippen molar-refractivity contribution in [3.8, 4) is 11.5 Å². The van der Waals surface area contributed by atoms with Gasteiger partial charge in [0.05, 0.1) is 19.9 Å². The second-order valence-electron chi connectivity index (χ2n) is 7.45. The Morgan fingerprint density at radius 2 is 1.64 bits per heavy atom. The van der Waals surface area contributed by atoms with Crippen LogP contribution in [0.15, 0.2) is 42.5 Å². The molecule has 3 rings (SSSR count). The highest BCUT2D eigenvalue weighted by Gasteiger charge is 2.25. The number of methoxy groups -OCH3 is 2. The fourth-order valence-corrected chi connectivity index (χ4v) is 3.68. The zero-order valence-electron chi connectivity index (χ0n) is 17.0. The lowest BCUT2D eigenvalue weighted by atomic mass is 10.2. The highest BCUT2D eigenvalue weighted by Crippen LogP contribution is 2.24. The largest absolute Gasteiger partial charge is 0.497 e. The van der Waals surface area contributed by atoms with Gasteiger partial charge in [0.1, 0.15) is 44.2 Å². The molecule has 2 aromatic rings. The summed E-state index contributed by atoms with van der Waals surface area (Å²) in [5.41, 5.74) is 3.17. The second-order valence-corrected chi connectivity index (χ2v) is 7.45. The summed E-state index contributed by atoms with van der Waals surface area (Å²) < 4.78 is 10.6. The van der Waals surface area contributed by atoms with E-state index in [1.807, 2.05) is 37.3 Å². The smallest absolute Gasteiger partial charge is 0.279 e. The minimum absolute atomic E-state index is 0.0394. The van der Waals surface area contributed by atoms with Crippen LogP contribution in [-0.4, -0.2) is 52.9 Å². The number of hydrogen-bond donors (Lipinski definition) is 3. The summed E-state index contributed by atoms with van der Waals surface area (Å²) in [6, 6.07) is 14.1. The molecule has 0 saturated carbocycles. The van der Waals surface area contributed by atoms with Crippen LogP contribution in [0.1, 0.15) is 11.1 Å². The Bertz CT molecular complexity index is 784. The predicted octanol–water partition coefficient (Wildman–Crippen LogP) is -0.0657. The number of aryl methyl sites for hydroxylation is 1. The maximum absolute atomic E-state index is 12.5. The molecule has 1 amide bonds. The molecule has 6 nitrogen and oxygen atoms in total. The van der Waals surface area contributed by atoms with Crippen molar-refractivity contribution in [3.05, 3.63) is 53.6 Å². The van der Waals surface area contributed by atoms with Gasteiger partial charge in [-0.15, -0.1) is 0 Å². The third kappa shape index (κ3) is 5.47. The Kier molecular flexibility index (Phi) is 6.90. The molecule has 1 saturated heterocycles. The lowest BCUT2D eigenvalue weighted by Crippen LogP contribution is -3.28. The fraction of sp³-hybridized carbons (Fsp3) is 0.409. The number of hydrogen-bond acceptors (Lipinski definition) is 3. The van der Waals surface area contributed by atoms with Gasteiger partial charge in [0, 0.05) is 5.56 Å². The van der Waals surface area contributed by atoms with Crippen LogP contribution in [0.3, 0.4) is 0 Å². The van der Waals surface area contributed by atoms with Crippen LogP contribution in [0, 0.1) is 6.92 Å². The van der Waals surface area contributed by atoms with Gasteiger partial charge in [-0.25, -0.2) is 0 Å². The van der Waals surface area contributed by atoms with Crippen molar-refractivity contribution in [2.75, 3.05) is 52.3 Å². The van der Waals surface area contributed by atoms with Gasteiger partial charge in [-0.1, -0.05) is 6.07 Å². The molecule has 0 aromatic heterocycles. The molecule has 0 spiro atoms. The summed E-state index contributed by atoms with van der Waals surface area (Å²) in [4.78, 5) is 15.4. The van der Waals surface area contributed by atoms with E-state index >= 15 is 0 Å². The average molecular weight is 386 g/mol. The van der Waals surface area contributed by atoms with Crippen molar-refractivity contribution in [1.29, 1.82) is 0 Å². The van der Waals surface area contributed by atoms with Crippen molar-refractivity contribution < 1.29 is 24.1 Å². The minimum Gasteiger partial charge on any atom is -0.497 e. The lowest BCUT2D eigenvalue weighted by Gasteiger charge is -2.29. The molecule has 28 heavy (non-hydrogen) atoms. The summed E-state index contributed by atoms with van der Waals surface area (Å²) in [7, 11) is 3.31. The standard InChI is InChI=1S/C22H29N3O3/c1-17-4-9-21(28-3)20(14-17)23-22(26)16-25-12-10-24(11-13-25)15-18-5-7-19(27-2)8-6-18/h4-9,14H,10-13,15-16H2,1-3H3,(H,23,26)/p+2. The highest BCUT2D eigenvalue weighted by molar-refractivity contribution is 5.93. The normalized spacial score (nSPS) is 19.1. The third-order valence-electron chi connectivity index (χ3n) is 5.32. The number of piperazine rings is 1. The topological polar surface area (TPSA) is 56.4 Å². The van der Waals surface area contributed by atoms with E-state index in [-0.39, 0.29) is 5.91 Å². The zero-order valence-corrected chi connectivity index (χ0v) is 17.0. The summed E-state index contributed by atoms with van der Waals surface area (Å²) in [5.74, 6) is 1.63. The monoisotopic (exact) mass is 385 g/mol. The molecular formula is C22H31N3O3+2. The van der Waals surface area contributed by atoms with Crippen LogP contribution in [0.4, 0.5) is 5.69 Å². The van der Waals surface area contributed by atoms with Crippen LogP contribution >= 0.6 is 0 Å². The first kappa shape index (κ1) is 20.2. The first-order valence-corrected chi connectivity index (χ1v) is 9.82. The van der Waals surface area contributed by atoms with Crippen LogP contribution < -0.4 is 24.6 Å². The highest BCUT2D eigenvalue weighted by atomic mass is 16.5. The van der Waals surface area contributed by atoms with Gasteiger partial charge >= 0.3 is 0 Å². The quantitative estimate of drug-likeness (QED) is 0.626. The number of amides is 1. The summed E-state index contributed by atoms with van der Waals surface area (Å²) in [6.07, 6.45) is 0. The molecule has 0 bridgehead atoms. The number of nitrogens with one attached hydrogen (secondary N) is 3. The van der Waals surface area contributed by atoms with Gasteiger partial charge < -0.3 is 24.6 Å². The minimum atomic E-state index is 0.0394. The van der Waals surface area contributed by atoms with Gasteiger partial charge in [-0.2, -0.15) is 0 Å². The Labute approximate surface area is 167 Å². The molecule has 1 aliphatic rings. The maximum Gasteiger partial charge on any atom is 0.279 e. The summed E-state index contributed by atoms with van der Waals surface area (Å²) in [6.45, 7) is 7.67. The molecule has 0 unspecified atom stereocenters. The molecule has 1 heterocycles. The van der Waals surface area contributed by atoms with Gasteiger partial charge in [-0.3, -0.25) is 4.79 Å². The Morgan fingerprint density at radius 1 is 0.964 bits per heavy atom. The zero-order chi connectivity index (χ0) is 19.9. The molecule has 0 aliphatic carbocycles. The Hall–Kier alpha value is -2.57. The first-order valence-electron chi connectivity index (χ1n) is 9.82. The Morgan fingerprint density at radius 3 is 2.29 bits per heavy atom. The van der Waals surface area contributed by atoms with Crippen LogP contribution in [0.25, 0.3) is 0 Å². The molecule has 1 fully saturated rings. The summed E-state index contributed by atoms with van der Waals surface area (Å²) in [5, 5.41) is 3.01. The number of carbonyl (C=O) groups excluding carboxylic acids is 1. The SMILES string of the molecule is COc1ccc(C[NH+]2CC[NH+](CC(=O)Nc3cc(C)ccc3OC)CC2)cc1. The van der Waals surface area contributed by atoms with Gasteiger partial charge in [-0.05, 0) is 48.9 Å². The van der Waals surface area contributed by atoms with Crippen LogP contribution in [-0.2, 0) is 11.3 Å². The van der Waals surface area contributed by atoms with Crippen molar-refractivity contribution in [3.63, 3.8) is 0 Å². The van der Waals surface area contributed by atoms with Crippen LogP contribution in [0.2, 0.25) is 0 Å². The van der Waals surface area contributed by atoms with E-state index in [0.717, 1.165) is 49.7 Å². The van der Waals surface area contributed by atoms with Crippen molar-refractivity contribution in [1.82, 2.24) is 0 Å². The molecule has 6 heteroatoms. The molecule has 3 N–H and O–H groups in total. The van der Waals surface area contributed by atoms with E-state index in [0.29, 0.717) is 12.3 Å². The van der Waals surface area contributed by atoms with E-state index in [9.17, 15) is 4.79 Å². The average Bonchev–Trinajstić information content (AvgIpc) is 2.70. The van der Waals surface area contributed by atoms with Crippen molar-refractivity contribution in [2.24, 2.45) is 0 Å². The first-order chi connectivity index (χ1) is 13.6. The molecule has 1 aliphatic heterocycles.